The zero-order chi connectivity index (χ0) is 20.3. The molecule has 1 aliphatic carbocycles. The Balaban J connectivity index is 1.73. The van der Waals surface area contributed by atoms with Crippen LogP contribution >= 0.6 is 34.4 Å². The average Bonchev–Trinajstić information content (AvgIpc) is 2.90. The summed E-state index contributed by atoms with van der Waals surface area (Å²) in [6.07, 6.45) is 7.49. The van der Waals surface area contributed by atoms with Crippen LogP contribution in [0.4, 0.5) is 0 Å². The molecule has 2 aromatic rings. The van der Waals surface area contributed by atoms with Gasteiger partial charge in [-0.05, 0) is 133 Å². The van der Waals surface area contributed by atoms with Crippen LogP contribution in [0.1, 0.15) is 65.1 Å². The van der Waals surface area contributed by atoms with E-state index in [4.69, 9.17) is 0 Å². The van der Waals surface area contributed by atoms with Crippen LogP contribution in [0.25, 0.3) is 4.91 Å². The fourth-order valence-electron chi connectivity index (χ4n) is 4.10. The van der Waals surface area contributed by atoms with Crippen molar-refractivity contribution < 1.29 is 0 Å². The van der Waals surface area contributed by atoms with E-state index in [1.54, 1.807) is 22.9 Å². The highest BCUT2D eigenvalue weighted by Crippen LogP contribution is 2.34. The van der Waals surface area contributed by atoms with Gasteiger partial charge in [0, 0.05) is 8.48 Å². The normalized spacial score (nSPS) is 14.5. The molecule has 28 heavy (non-hydrogen) atoms. The minimum Gasteiger partial charge on any atom is -0.0981 e. The van der Waals surface area contributed by atoms with Gasteiger partial charge >= 0.3 is 0 Å². The van der Waals surface area contributed by atoms with E-state index in [2.05, 4.69) is 86.5 Å². The third kappa shape index (κ3) is 5.13. The Hall–Kier alpha value is -1.00. The fourth-order valence-corrected chi connectivity index (χ4v) is 5.50. The van der Waals surface area contributed by atoms with Gasteiger partial charge in [0.1, 0.15) is 0 Å². The van der Waals surface area contributed by atoms with E-state index in [9.17, 15) is 0 Å². The van der Waals surface area contributed by atoms with Crippen LogP contribution in [0, 0.1) is 24.3 Å². The molecule has 0 aliphatic heterocycles. The molecule has 0 aromatic heterocycles. The molecule has 2 heteroatoms. The van der Waals surface area contributed by atoms with Gasteiger partial charge in [0.25, 0.3) is 0 Å². The molecule has 0 nitrogen and oxygen atoms in total. The van der Waals surface area contributed by atoms with E-state index in [1.165, 1.54) is 74.0 Å². The number of hydrogen-bond donors (Lipinski definition) is 0. The molecule has 1 aliphatic rings. The number of fused-ring (bicyclic) bond motifs is 1. The summed E-state index contributed by atoms with van der Waals surface area (Å²) < 4.78 is 1.35. The Kier molecular flexibility index (Phi) is 7.49. The lowest BCUT2D eigenvalue weighted by molar-refractivity contribution is 0.711. The third-order valence-electron chi connectivity index (χ3n) is 5.86. The molecule has 0 atom stereocenters. The van der Waals surface area contributed by atoms with E-state index >= 15 is 0 Å². The smallest absolute Gasteiger partial charge is 0.0162 e. The summed E-state index contributed by atoms with van der Waals surface area (Å²) in [6.45, 7) is 13.3. The van der Waals surface area contributed by atoms with Crippen LogP contribution in [0.15, 0.2) is 41.8 Å². The molecule has 0 N–H and O–H groups in total. The van der Waals surface area contributed by atoms with Crippen molar-refractivity contribution in [3.8, 4) is 0 Å². The molecule has 0 spiro atoms. The summed E-state index contributed by atoms with van der Waals surface area (Å²) in [5, 5.41) is 2.29. The van der Waals surface area contributed by atoms with Crippen molar-refractivity contribution in [2.45, 2.75) is 66.2 Å². The maximum absolute atomic E-state index is 4.40. The molecule has 2 aromatic carbocycles. The highest BCUT2D eigenvalue weighted by Gasteiger charge is 2.14. The molecule has 0 saturated carbocycles. The van der Waals surface area contributed by atoms with E-state index in [0.717, 1.165) is 6.42 Å². The summed E-state index contributed by atoms with van der Waals surface area (Å²) in [5.74, 6) is 0. The summed E-state index contributed by atoms with van der Waals surface area (Å²) in [4.78, 5) is 1.17. The maximum Gasteiger partial charge on any atom is 0.0162 e. The van der Waals surface area contributed by atoms with Crippen molar-refractivity contribution in [1.82, 2.24) is 0 Å². The lowest BCUT2D eigenvalue weighted by Gasteiger charge is -2.15. The van der Waals surface area contributed by atoms with Crippen LogP contribution < -0.4 is 0 Å². The number of hydrogen-bond acceptors (Lipinski definition) is 1. The molecule has 3 rings (SSSR count). The van der Waals surface area contributed by atoms with Crippen LogP contribution in [-0.4, -0.2) is 0 Å². The molecule has 0 unspecified atom stereocenters. The zero-order valence-electron chi connectivity index (χ0n) is 17.6. The van der Waals surface area contributed by atoms with Crippen molar-refractivity contribution in [2.75, 3.05) is 0 Å². The van der Waals surface area contributed by atoms with Gasteiger partial charge in [-0.25, -0.2) is 0 Å². The third-order valence-corrected chi connectivity index (χ3v) is 8.04. The van der Waals surface area contributed by atoms with Gasteiger partial charge in [-0.1, -0.05) is 48.5 Å². The molecular weight excluding hydrogens is 471 g/mol. The van der Waals surface area contributed by atoms with Crippen LogP contribution in [0.5, 0.6) is 0 Å². The molecular formula is C26H31IS. The predicted molar refractivity (Wildman–Crippen MR) is 135 cm³/mol. The van der Waals surface area contributed by atoms with Crippen LogP contribution in [0.3, 0.4) is 0 Å². The van der Waals surface area contributed by atoms with E-state index in [-0.39, 0.29) is 0 Å². The highest BCUT2D eigenvalue weighted by atomic mass is 127. The first-order valence-electron chi connectivity index (χ1n) is 10.3. The van der Waals surface area contributed by atoms with Gasteiger partial charge in [0.2, 0.25) is 0 Å². The highest BCUT2D eigenvalue weighted by molar-refractivity contribution is 14.1. The topological polar surface area (TPSA) is 0 Å². The van der Waals surface area contributed by atoms with Gasteiger partial charge in [0.05, 0.1) is 0 Å². The summed E-state index contributed by atoms with van der Waals surface area (Å²) >= 11 is 4.20. The Labute approximate surface area is 189 Å². The number of rotatable bonds is 5. The number of thioether (sulfide) groups is 1. The minimum absolute atomic E-state index is 1.01. The summed E-state index contributed by atoms with van der Waals surface area (Å²) in [6, 6.07) is 9.28. The molecule has 0 radical (unpaired) electrons. The second kappa shape index (κ2) is 9.67. The van der Waals surface area contributed by atoms with Crippen LogP contribution in [0.2, 0.25) is 0 Å². The monoisotopic (exact) mass is 502 g/mol. The summed E-state index contributed by atoms with van der Waals surface area (Å²) in [7, 11) is 0. The van der Waals surface area contributed by atoms with Gasteiger partial charge in [0.15, 0.2) is 0 Å². The summed E-state index contributed by atoms with van der Waals surface area (Å²) in [5.41, 5.74) is 11.5. The Morgan fingerprint density at radius 3 is 2.61 bits per heavy atom. The quantitative estimate of drug-likeness (QED) is 0.293. The van der Waals surface area contributed by atoms with E-state index in [1.807, 2.05) is 0 Å². The largest absolute Gasteiger partial charge is 0.0981 e. The van der Waals surface area contributed by atoms with Gasteiger partial charge in [-0.15, -0.1) is 0 Å². The van der Waals surface area contributed by atoms with Gasteiger partial charge in [-0.3, -0.25) is 0 Å². The van der Waals surface area contributed by atoms with E-state index < -0.39 is 0 Å². The number of halogens is 1. The number of benzene rings is 2. The zero-order valence-corrected chi connectivity index (χ0v) is 20.6. The minimum atomic E-state index is 1.01. The van der Waals surface area contributed by atoms with E-state index in [0.29, 0.717) is 0 Å². The van der Waals surface area contributed by atoms with Crippen LogP contribution in [-0.2, 0) is 19.3 Å². The Morgan fingerprint density at radius 2 is 1.82 bits per heavy atom. The van der Waals surface area contributed by atoms with Crippen molar-refractivity contribution >= 4 is 39.3 Å². The standard InChI is InChI=1S/C26H31IS/c1-17(13-23-14-19(3)26(27)15-18(23)2)16-28-21(5)24-12-11-22-9-7-6-8-10-25(22)20(24)4/h11-12,14-16H,5-10,13H2,1-4H3/b17-16+. The molecule has 148 valence electrons. The first kappa shape index (κ1) is 21.7. The average molecular weight is 503 g/mol. The number of aryl methyl sites for hydroxylation is 3. The maximum atomic E-state index is 4.40. The van der Waals surface area contributed by atoms with Gasteiger partial charge < -0.3 is 0 Å². The number of allylic oxidation sites excluding steroid dienone is 1. The van der Waals surface area contributed by atoms with Crippen molar-refractivity contribution in [2.24, 2.45) is 0 Å². The van der Waals surface area contributed by atoms with Crippen molar-refractivity contribution in [3.63, 3.8) is 0 Å². The molecule has 0 heterocycles. The van der Waals surface area contributed by atoms with Crippen molar-refractivity contribution in [1.29, 1.82) is 0 Å². The lowest BCUT2D eigenvalue weighted by Crippen LogP contribution is -1.98. The molecule has 0 fully saturated rings. The Morgan fingerprint density at radius 1 is 1.07 bits per heavy atom. The second-order valence-corrected chi connectivity index (χ2v) is 10.3. The molecule has 0 saturated heterocycles. The second-order valence-electron chi connectivity index (χ2n) is 8.15. The van der Waals surface area contributed by atoms with Gasteiger partial charge in [-0.2, -0.15) is 0 Å². The first-order valence-corrected chi connectivity index (χ1v) is 12.2. The fraction of sp³-hybridized carbons (Fsp3) is 0.385. The molecule has 0 bridgehead atoms. The first-order chi connectivity index (χ1) is 13.4. The van der Waals surface area contributed by atoms with Crippen molar-refractivity contribution in [3.05, 3.63) is 84.3 Å². The lowest BCUT2D eigenvalue weighted by atomic mass is 9.94. The Bertz CT molecular complexity index is 921. The predicted octanol–water partition coefficient (Wildman–Crippen LogP) is 8.34. The molecule has 0 amide bonds. The SMILES string of the molecule is C=C(S/C=C(\C)Cc1cc(C)c(I)cc1C)c1ccc2c(c1C)CCCCC2.